The molecule has 0 aromatic carbocycles. The second kappa shape index (κ2) is 5.99. The molecule has 2 nitrogen and oxygen atoms in total. The van der Waals surface area contributed by atoms with E-state index in [0.29, 0.717) is 18.2 Å². The van der Waals surface area contributed by atoms with Crippen molar-refractivity contribution in [2.45, 2.75) is 65.8 Å². The van der Waals surface area contributed by atoms with Gasteiger partial charge in [-0.25, -0.2) is 0 Å². The number of carbonyl (C=O) groups is 1. The average Bonchev–Trinajstić information content (AvgIpc) is 2.24. The fraction of sp³-hybridized carbons (Fsp3) is 0.933. The van der Waals surface area contributed by atoms with Crippen molar-refractivity contribution in [3.05, 3.63) is 0 Å². The van der Waals surface area contributed by atoms with Crippen LogP contribution in [0.3, 0.4) is 0 Å². The second-order valence-electron chi connectivity index (χ2n) is 6.73. The van der Waals surface area contributed by atoms with Gasteiger partial charge in [-0.2, -0.15) is 0 Å². The molecule has 0 aromatic rings. The lowest BCUT2D eigenvalue weighted by Gasteiger charge is -2.36. The zero-order valence-electron chi connectivity index (χ0n) is 12.3. The van der Waals surface area contributed by atoms with E-state index in [4.69, 9.17) is 0 Å². The molecule has 0 spiro atoms. The predicted molar refractivity (Wildman–Crippen MR) is 73.1 cm³/mol. The van der Waals surface area contributed by atoms with Gasteiger partial charge in [0, 0.05) is 24.4 Å². The highest BCUT2D eigenvalue weighted by Crippen LogP contribution is 2.27. The van der Waals surface area contributed by atoms with Gasteiger partial charge in [-0.15, -0.1) is 0 Å². The van der Waals surface area contributed by atoms with Gasteiger partial charge < -0.3 is 4.90 Å². The number of rotatable bonds is 4. The normalized spacial score (nSPS) is 26.2. The summed E-state index contributed by atoms with van der Waals surface area (Å²) < 4.78 is 0. The molecular formula is C15H29NO. The number of carbonyl (C=O) groups excluding carboxylic acids is 1. The second-order valence-corrected chi connectivity index (χ2v) is 6.73. The van der Waals surface area contributed by atoms with E-state index in [9.17, 15) is 4.79 Å². The van der Waals surface area contributed by atoms with E-state index in [1.165, 1.54) is 25.7 Å². The summed E-state index contributed by atoms with van der Waals surface area (Å²) in [5, 5.41) is 0. The van der Waals surface area contributed by atoms with E-state index in [1.54, 1.807) is 0 Å². The SMILES string of the molecule is CC1CCCCC1N(C)CCC(=O)C(C)(C)C. The minimum absolute atomic E-state index is 0.182. The standard InChI is InChI=1S/C15H29NO/c1-12-8-6-7-9-13(12)16(5)11-10-14(17)15(2,3)4/h12-13H,6-11H2,1-5H3. The number of hydrogen-bond donors (Lipinski definition) is 0. The molecule has 0 heterocycles. The Bertz CT molecular complexity index is 254. The van der Waals surface area contributed by atoms with Crippen molar-refractivity contribution in [3.8, 4) is 0 Å². The Kier molecular flexibility index (Phi) is 5.18. The minimum atomic E-state index is -0.182. The molecule has 0 amide bonds. The highest BCUT2D eigenvalue weighted by atomic mass is 16.1. The summed E-state index contributed by atoms with van der Waals surface area (Å²) in [6.45, 7) is 9.31. The maximum atomic E-state index is 11.9. The summed E-state index contributed by atoms with van der Waals surface area (Å²) in [5.41, 5.74) is -0.182. The molecule has 17 heavy (non-hydrogen) atoms. The molecule has 1 saturated carbocycles. The third-order valence-electron chi connectivity index (χ3n) is 4.16. The maximum Gasteiger partial charge on any atom is 0.139 e. The van der Waals surface area contributed by atoms with E-state index in [1.807, 2.05) is 20.8 Å². The molecule has 2 atom stereocenters. The lowest BCUT2D eigenvalue weighted by atomic mass is 9.84. The van der Waals surface area contributed by atoms with E-state index in [2.05, 4.69) is 18.9 Å². The van der Waals surface area contributed by atoms with Crippen LogP contribution in [0.1, 0.15) is 59.8 Å². The molecule has 0 aromatic heterocycles. The number of Topliss-reactive ketones (excluding diaryl/α,β-unsaturated/α-hetero) is 1. The summed E-state index contributed by atoms with van der Waals surface area (Å²) in [6, 6.07) is 0.691. The molecular weight excluding hydrogens is 210 g/mol. The van der Waals surface area contributed by atoms with Crippen LogP contribution in [0.2, 0.25) is 0 Å². The number of hydrogen-bond acceptors (Lipinski definition) is 2. The van der Waals surface area contributed by atoms with Gasteiger partial charge in [-0.05, 0) is 25.8 Å². The van der Waals surface area contributed by atoms with Crippen LogP contribution in [-0.4, -0.2) is 30.3 Å². The Morgan fingerprint density at radius 1 is 1.24 bits per heavy atom. The molecule has 100 valence electrons. The first-order valence-electron chi connectivity index (χ1n) is 7.06. The molecule has 0 aliphatic heterocycles. The van der Waals surface area contributed by atoms with E-state index >= 15 is 0 Å². The van der Waals surface area contributed by atoms with Gasteiger partial charge in [0.1, 0.15) is 5.78 Å². The van der Waals surface area contributed by atoms with Gasteiger partial charge in [-0.3, -0.25) is 4.79 Å². The van der Waals surface area contributed by atoms with Crippen LogP contribution < -0.4 is 0 Å². The van der Waals surface area contributed by atoms with Gasteiger partial charge in [0.2, 0.25) is 0 Å². The van der Waals surface area contributed by atoms with Crippen molar-refractivity contribution in [3.63, 3.8) is 0 Å². The van der Waals surface area contributed by atoms with Crippen LogP contribution >= 0.6 is 0 Å². The highest BCUT2D eigenvalue weighted by molar-refractivity contribution is 5.83. The van der Waals surface area contributed by atoms with Crippen molar-refractivity contribution in [1.29, 1.82) is 0 Å². The molecule has 0 radical (unpaired) electrons. The Hall–Kier alpha value is -0.370. The zero-order chi connectivity index (χ0) is 13.1. The van der Waals surface area contributed by atoms with E-state index in [0.717, 1.165) is 12.5 Å². The number of nitrogens with zero attached hydrogens (tertiary/aromatic N) is 1. The van der Waals surface area contributed by atoms with E-state index < -0.39 is 0 Å². The predicted octanol–water partition coefficient (Wildman–Crippen LogP) is 3.50. The fourth-order valence-corrected chi connectivity index (χ4v) is 2.77. The Labute approximate surface area is 107 Å². The molecule has 2 heteroatoms. The first-order chi connectivity index (χ1) is 7.82. The largest absolute Gasteiger partial charge is 0.303 e. The molecule has 0 saturated heterocycles. The zero-order valence-corrected chi connectivity index (χ0v) is 12.3. The molecule has 1 aliphatic rings. The summed E-state index contributed by atoms with van der Waals surface area (Å²) in [6.07, 6.45) is 6.09. The van der Waals surface area contributed by atoms with Gasteiger partial charge in [-0.1, -0.05) is 40.5 Å². The number of ketones is 1. The van der Waals surface area contributed by atoms with Gasteiger partial charge in [0.05, 0.1) is 0 Å². The first kappa shape index (κ1) is 14.7. The van der Waals surface area contributed by atoms with Crippen LogP contribution in [0.25, 0.3) is 0 Å². The lowest BCUT2D eigenvalue weighted by molar-refractivity contribution is -0.126. The van der Waals surface area contributed by atoms with Crippen LogP contribution in [-0.2, 0) is 4.79 Å². The monoisotopic (exact) mass is 239 g/mol. The van der Waals surface area contributed by atoms with Gasteiger partial charge in [0.15, 0.2) is 0 Å². The van der Waals surface area contributed by atoms with Crippen LogP contribution in [0.15, 0.2) is 0 Å². The minimum Gasteiger partial charge on any atom is -0.303 e. The van der Waals surface area contributed by atoms with Crippen molar-refractivity contribution >= 4 is 5.78 Å². The highest BCUT2D eigenvalue weighted by Gasteiger charge is 2.26. The summed E-state index contributed by atoms with van der Waals surface area (Å²) in [5.74, 6) is 1.17. The summed E-state index contributed by atoms with van der Waals surface area (Å²) in [7, 11) is 2.18. The van der Waals surface area contributed by atoms with Gasteiger partial charge >= 0.3 is 0 Å². The topological polar surface area (TPSA) is 20.3 Å². The lowest BCUT2D eigenvalue weighted by Crippen LogP contribution is -2.40. The molecule has 1 rings (SSSR count). The third-order valence-corrected chi connectivity index (χ3v) is 4.16. The quantitative estimate of drug-likeness (QED) is 0.748. The first-order valence-corrected chi connectivity index (χ1v) is 7.06. The van der Waals surface area contributed by atoms with Crippen LogP contribution in [0, 0.1) is 11.3 Å². The molecule has 2 unspecified atom stereocenters. The molecule has 1 fully saturated rings. The van der Waals surface area contributed by atoms with Gasteiger partial charge in [0.25, 0.3) is 0 Å². The van der Waals surface area contributed by atoms with E-state index in [-0.39, 0.29) is 5.41 Å². The maximum absolute atomic E-state index is 11.9. The summed E-state index contributed by atoms with van der Waals surface area (Å²) >= 11 is 0. The molecule has 0 N–H and O–H groups in total. The smallest absolute Gasteiger partial charge is 0.139 e. The Morgan fingerprint density at radius 2 is 1.82 bits per heavy atom. The molecule has 0 bridgehead atoms. The van der Waals surface area contributed by atoms with Crippen molar-refractivity contribution in [1.82, 2.24) is 4.90 Å². The average molecular weight is 239 g/mol. The summed E-state index contributed by atoms with van der Waals surface area (Å²) in [4.78, 5) is 14.3. The van der Waals surface area contributed by atoms with Crippen LogP contribution in [0.4, 0.5) is 0 Å². The molecule has 1 aliphatic carbocycles. The van der Waals surface area contributed by atoms with Crippen molar-refractivity contribution in [2.24, 2.45) is 11.3 Å². The van der Waals surface area contributed by atoms with Crippen molar-refractivity contribution < 1.29 is 4.79 Å². The Balaban J connectivity index is 2.38. The fourth-order valence-electron chi connectivity index (χ4n) is 2.77. The van der Waals surface area contributed by atoms with Crippen LogP contribution in [0.5, 0.6) is 0 Å². The Morgan fingerprint density at radius 3 is 2.35 bits per heavy atom. The third kappa shape index (κ3) is 4.42. The van der Waals surface area contributed by atoms with Crippen molar-refractivity contribution in [2.75, 3.05) is 13.6 Å².